The number of hydrogen-bond acceptors (Lipinski definition) is 7. The van der Waals surface area contributed by atoms with Crippen LogP contribution in [0.15, 0.2) is 63.8 Å². The Labute approximate surface area is 261 Å². The molecule has 1 heterocycles. The van der Waals surface area contributed by atoms with E-state index in [0.717, 1.165) is 5.56 Å². The van der Waals surface area contributed by atoms with Crippen molar-refractivity contribution in [2.24, 2.45) is 10.8 Å². The van der Waals surface area contributed by atoms with Crippen molar-refractivity contribution in [1.82, 2.24) is 4.90 Å². The Kier molecular flexibility index (Phi) is 7.85. The number of aryl methyl sites for hydroxylation is 1. The molecule has 0 unspecified atom stereocenters. The summed E-state index contributed by atoms with van der Waals surface area (Å²) in [6, 6.07) is 9.06. The van der Waals surface area contributed by atoms with Crippen molar-refractivity contribution in [2.75, 3.05) is 6.54 Å². The average Bonchev–Trinajstić information content (AvgIpc) is 2.85. The number of halogens is 2. The molecule has 228 valence electrons. The molecule has 3 aliphatic rings. The first-order valence-electron chi connectivity index (χ1n) is 13.9. The SMILES string of the molecule is Cc1ccc(S(=O)(=O)Oc2c(Cl)cc(C3C4=C(CC(C)(C)CC4=O)N(CC(=O)O)C4=C3C(=O)CC(C)(C)C4)cc2Cl)cc1. The zero-order valence-corrected chi connectivity index (χ0v) is 26.9. The van der Waals surface area contributed by atoms with Crippen molar-refractivity contribution in [3.05, 3.63) is 80.1 Å². The van der Waals surface area contributed by atoms with E-state index < -0.39 is 32.8 Å². The van der Waals surface area contributed by atoms with E-state index >= 15 is 0 Å². The summed E-state index contributed by atoms with van der Waals surface area (Å²) in [6.45, 7) is 9.26. The van der Waals surface area contributed by atoms with Crippen molar-refractivity contribution >= 4 is 50.9 Å². The number of carboxylic acids is 1. The summed E-state index contributed by atoms with van der Waals surface area (Å²) in [5.74, 6) is -2.58. The Balaban J connectivity index is 1.68. The predicted molar refractivity (Wildman–Crippen MR) is 163 cm³/mol. The zero-order chi connectivity index (χ0) is 31.6. The smallest absolute Gasteiger partial charge is 0.339 e. The second-order valence-electron chi connectivity index (χ2n) is 13.2. The highest BCUT2D eigenvalue weighted by molar-refractivity contribution is 7.87. The molecule has 1 aliphatic heterocycles. The van der Waals surface area contributed by atoms with Crippen LogP contribution in [0.1, 0.15) is 70.4 Å². The van der Waals surface area contributed by atoms with Gasteiger partial charge in [0.1, 0.15) is 11.4 Å². The largest absolute Gasteiger partial charge is 0.480 e. The molecular weight excluding hydrogens is 613 g/mol. The Hall–Kier alpha value is -3.14. The summed E-state index contributed by atoms with van der Waals surface area (Å²) >= 11 is 13.2. The van der Waals surface area contributed by atoms with Crippen molar-refractivity contribution in [3.63, 3.8) is 0 Å². The van der Waals surface area contributed by atoms with Gasteiger partial charge in [0.2, 0.25) is 0 Å². The van der Waals surface area contributed by atoms with E-state index in [4.69, 9.17) is 27.4 Å². The zero-order valence-electron chi connectivity index (χ0n) is 24.6. The number of carbonyl (C=O) groups excluding carboxylic acids is 2. The lowest BCUT2D eigenvalue weighted by Gasteiger charge is -2.48. The van der Waals surface area contributed by atoms with Gasteiger partial charge in [0.15, 0.2) is 17.3 Å². The normalized spacial score (nSPS) is 20.2. The predicted octanol–water partition coefficient (Wildman–Crippen LogP) is 6.84. The van der Waals surface area contributed by atoms with Gasteiger partial charge in [-0.05, 0) is 60.4 Å². The number of carbonyl (C=O) groups is 3. The topological polar surface area (TPSA) is 118 Å². The minimum absolute atomic E-state index is 0.0736. The van der Waals surface area contributed by atoms with Crippen LogP contribution < -0.4 is 4.18 Å². The molecule has 0 amide bonds. The number of Topliss-reactive ketones (excluding diaryl/α,β-unsaturated/α-hetero) is 2. The molecule has 0 saturated heterocycles. The molecule has 0 radical (unpaired) electrons. The summed E-state index contributed by atoms with van der Waals surface area (Å²) in [6.07, 6.45) is 1.29. The number of ketones is 2. The minimum Gasteiger partial charge on any atom is -0.480 e. The monoisotopic (exact) mass is 645 g/mol. The van der Waals surface area contributed by atoms with E-state index in [1.165, 1.54) is 24.3 Å². The maximum absolute atomic E-state index is 13.8. The highest BCUT2D eigenvalue weighted by atomic mass is 35.5. The Morgan fingerprint density at radius 1 is 0.907 bits per heavy atom. The highest BCUT2D eigenvalue weighted by Gasteiger charge is 2.49. The van der Waals surface area contributed by atoms with E-state index in [1.807, 2.05) is 34.6 Å². The third kappa shape index (κ3) is 5.99. The van der Waals surface area contributed by atoms with Gasteiger partial charge in [-0.3, -0.25) is 14.4 Å². The fourth-order valence-corrected chi connectivity index (χ4v) is 8.03. The molecule has 2 aliphatic carbocycles. The second kappa shape index (κ2) is 10.8. The number of allylic oxidation sites excluding steroid dienone is 4. The lowest BCUT2D eigenvalue weighted by atomic mass is 9.63. The summed E-state index contributed by atoms with van der Waals surface area (Å²) in [5.41, 5.74) is 2.28. The van der Waals surface area contributed by atoms with Crippen LogP contribution in [0.4, 0.5) is 0 Å². The van der Waals surface area contributed by atoms with Crippen LogP contribution >= 0.6 is 23.2 Å². The van der Waals surface area contributed by atoms with Crippen molar-refractivity contribution in [2.45, 2.75) is 71.1 Å². The molecule has 0 aromatic heterocycles. The fraction of sp³-hybridized carbons (Fsp3) is 0.406. The Morgan fingerprint density at radius 2 is 1.37 bits per heavy atom. The number of hydrogen-bond donors (Lipinski definition) is 1. The van der Waals surface area contributed by atoms with Crippen molar-refractivity contribution < 1.29 is 32.1 Å². The van der Waals surface area contributed by atoms with E-state index in [1.54, 1.807) is 17.0 Å². The number of carboxylic acid groups (broad SMARTS) is 1. The molecule has 0 spiro atoms. The molecular formula is C32H33Cl2NO7S. The molecule has 0 bridgehead atoms. The molecule has 43 heavy (non-hydrogen) atoms. The number of rotatable bonds is 6. The molecule has 0 saturated carbocycles. The molecule has 5 rings (SSSR count). The summed E-state index contributed by atoms with van der Waals surface area (Å²) < 4.78 is 31.4. The molecule has 2 aromatic rings. The molecule has 1 N–H and O–H groups in total. The summed E-state index contributed by atoms with van der Waals surface area (Å²) in [5, 5.41) is 9.64. The van der Waals surface area contributed by atoms with Gasteiger partial charge >= 0.3 is 16.1 Å². The van der Waals surface area contributed by atoms with Crippen LogP contribution in [0.25, 0.3) is 0 Å². The minimum atomic E-state index is -4.27. The van der Waals surface area contributed by atoms with Gasteiger partial charge < -0.3 is 14.2 Å². The average molecular weight is 647 g/mol. The van der Waals surface area contributed by atoms with E-state index in [9.17, 15) is 27.9 Å². The Bertz CT molecular complexity index is 1660. The molecule has 8 nitrogen and oxygen atoms in total. The quantitative estimate of drug-likeness (QED) is 0.339. The lowest BCUT2D eigenvalue weighted by molar-refractivity contribution is -0.138. The lowest BCUT2D eigenvalue weighted by Crippen LogP contribution is -2.45. The van der Waals surface area contributed by atoms with E-state index in [0.29, 0.717) is 40.9 Å². The van der Waals surface area contributed by atoms with E-state index in [2.05, 4.69) is 0 Å². The number of nitrogens with zero attached hydrogens (tertiary/aromatic N) is 1. The number of aliphatic carboxylic acids is 1. The standard InChI is InChI=1S/C32H33Cl2NO7S/c1-17-6-8-19(9-7-17)43(40,41)42-30-20(33)10-18(11-21(30)34)27-28-22(12-31(2,3)14-24(28)36)35(16-26(38)39)23-13-32(4,5)15-25(37)29(23)27/h6-11,27H,12-16H2,1-5H3,(H,38,39). The number of benzene rings is 2. The van der Waals surface area contributed by atoms with Crippen molar-refractivity contribution in [3.8, 4) is 5.75 Å². The molecule has 11 heteroatoms. The maximum atomic E-state index is 13.8. The van der Waals surface area contributed by atoms with Crippen LogP contribution in [0.2, 0.25) is 10.0 Å². The fourth-order valence-electron chi connectivity index (χ4n) is 6.40. The third-order valence-corrected chi connectivity index (χ3v) is 9.97. The van der Waals surface area contributed by atoms with Gasteiger partial charge in [-0.15, -0.1) is 0 Å². The van der Waals surface area contributed by atoms with E-state index in [-0.39, 0.29) is 51.6 Å². The second-order valence-corrected chi connectivity index (χ2v) is 15.5. The highest BCUT2D eigenvalue weighted by Crippen LogP contribution is 2.55. The first-order chi connectivity index (χ1) is 19.9. The van der Waals surface area contributed by atoms with Crippen LogP contribution in [0.5, 0.6) is 5.75 Å². The summed E-state index contributed by atoms with van der Waals surface area (Å²) in [7, 11) is -4.27. The summed E-state index contributed by atoms with van der Waals surface area (Å²) in [4.78, 5) is 41.3. The van der Waals surface area contributed by atoms with Crippen molar-refractivity contribution in [1.29, 1.82) is 0 Å². The van der Waals surface area contributed by atoms with Gasteiger partial charge in [0.25, 0.3) is 0 Å². The van der Waals surface area contributed by atoms with Gasteiger partial charge in [-0.25, -0.2) is 0 Å². The first kappa shape index (κ1) is 31.3. The Morgan fingerprint density at radius 3 is 1.81 bits per heavy atom. The first-order valence-corrected chi connectivity index (χ1v) is 16.1. The van der Waals surface area contributed by atoms with Crippen LogP contribution in [-0.4, -0.2) is 42.5 Å². The molecule has 0 fully saturated rings. The molecule has 2 aromatic carbocycles. The third-order valence-electron chi connectivity index (χ3n) is 8.17. The van der Waals surface area contributed by atoms with Gasteiger partial charge in [-0.2, -0.15) is 8.42 Å². The maximum Gasteiger partial charge on any atom is 0.339 e. The van der Waals surface area contributed by atoms with Gasteiger partial charge in [-0.1, -0.05) is 68.6 Å². The molecule has 0 atom stereocenters. The van der Waals surface area contributed by atoms with Gasteiger partial charge in [0, 0.05) is 41.3 Å². The van der Waals surface area contributed by atoms with Gasteiger partial charge in [0.05, 0.1) is 10.0 Å². The van der Waals surface area contributed by atoms with Crippen LogP contribution in [-0.2, 0) is 24.5 Å². The van der Waals surface area contributed by atoms with Crippen LogP contribution in [0, 0.1) is 17.8 Å². The van der Waals surface area contributed by atoms with Crippen LogP contribution in [0.3, 0.4) is 0 Å².